The van der Waals surface area contributed by atoms with E-state index in [1.54, 1.807) is 0 Å². The van der Waals surface area contributed by atoms with Gasteiger partial charge in [-0.2, -0.15) is 0 Å². The van der Waals surface area contributed by atoms with Crippen LogP contribution in [0, 0.1) is 0 Å². The Kier molecular flexibility index (Phi) is 68.9. The van der Waals surface area contributed by atoms with Gasteiger partial charge in [0.1, 0.15) is 51.4 Å². The summed E-state index contributed by atoms with van der Waals surface area (Å²) in [6, 6.07) is 0. The smallest absolute Gasteiger partial charge is 0.324 e. The van der Waals surface area contributed by atoms with Crippen molar-refractivity contribution in [2.75, 3.05) is 0 Å². The third-order valence-electron chi connectivity index (χ3n) is 10.1. The van der Waals surface area contributed by atoms with Gasteiger partial charge in [0.05, 0.1) is 25.7 Å². The van der Waals surface area contributed by atoms with Crippen molar-refractivity contribution < 1.29 is 253 Å². The van der Waals surface area contributed by atoms with E-state index >= 15 is 0 Å². The minimum absolute atomic E-state index is 0.0632. The number of carbonyl (C=O) groups is 30. The first-order valence-electron chi connectivity index (χ1n) is 31.1. The summed E-state index contributed by atoms with van der Waals surface area (Å²) >= 11 is 0. The molecule has 0 rings (SSSR count). The number of aliphatic carboxylic acids is 14. The van der Waals surface area contributed by atoms with Gasteiger partial charge in [-0.05, 0) is 57.8 Å². The van der Waals surface area contributed by atoms with Gasteiger partial charge < -0.3 is 109 Å². The number of unbranched alkanes of at least 4 members (excludes halogenated alkanes) is 4. The maximum atomic E-state index is 11.1. The van der Waals surface area contributed by atoms with E-state index in [2.05, 4.69) is 37.9 Å². The van der Waals surface area contributed by atoms with Crippen molar-refractivity contribution in [2.45, 2.75) is 199 Å². The van der Waals surface area contributed by atoms with E-state index in [0.29, 0.717) is 0 Å². The SMILES string of the molecule is O=C(O)CC(=O)OC(=O)CCCCC(=O)OC(=O)CC(=O)O.O=C(O)CC(=O)OC(=O)CCCCC(=O)OC(=O)CC(=O)O.O=C(O)CC(=O)OC(=O)CCCCC(=O)OC(=O)CC(=O)O.O=C(O)CC(=O)OC(=O)CCCCC(=O)OC(=O)CC(=O)O.O=C(O)CCC(=O)O.O=C(O)CCC(=O)O.O=C(O)CCCC(=O)O. The number of rotatable bonds is 46. The summed E-state index contributed by atoms with van der Waals surface area (Å²) < 4.78 is 33.5. The van der Waals surface area contributed by atoms with Gasteiger partial charge in [0.2, 0.25) is 0 Å². The van der Waals surface area contributed by atoms with Crippen LogP contribution >= 0.6 is 0 Å². The fourth-order valence-corrected chi connectivity index (χ4v) is 5.67. The second kappa shape index (κ2) is 69.4. The van der Waals surface area contributed by atoms with Crippen molar-refractivity contribution in [1.82, 2.24) is 0 Å². The highest BCUT2D eigenvalue weighted by molar-refractivity contribution is 6.00. The molecule has 0 aromatic carbocycles. The standard InChI is InChI=1S/4C12H14O10.C5H8O4.2C4H6O4/c4*13-7(14)5-11(19)21-9(17)3-1-2-4-10(18)22-12(20)6-8(15)16;6-4(7)2-1-3-5(8)9;2*5-3(6)1-2-4(7)8/h4*1-6H2,(H,13,14)(H,15,16);1-3H2,(H,6,7)(H,8,9);2*1-2H2,(H,5,6)(H,7,8). The molecule has 14 N–H and O–H groups in total. The molecular weight excluding hydrogens is 1560 g/mol. The third kappa shape index (κ3) is 102. The number of hydrogen-bond donors (Lipinski definition) is 14. The minimum atomic E-state index is -1.42. The first-order chi connectivity index (χ1) is 52.2. The van der Waals surface area contributed by atoms with Crippen molar-refractivity contribution in [3.8, 4) is 0 Å². The van der Waals surface area contributed by atoms with Gasteiger partial charge >= 0.3 is 179 Å². The van der Waals surface area contributed by atoms with E-state index in [4.69, 9.17) is 71.5 Å². The second-order valence-corrected chi connectivity index (χ2v) is 20.4. The highest BCUT2D eigenvalue weighted by atomic mass is 16.6. The van der Waals surface area contributed by atoms with Gasteiger partial charge in [-0.25, -0.2) is 0 Å². The van der Waals surface area contributed by atoms with E-state index in [9.17, 15) is 144 Å². The summed E-state index contributed by atoms with van der Waals surface area (Å²) in [6.45, 7) is 0. The molecule has 0 bridgehead atoms. The number of esters is 16. The Bertz CT molecular complexity index is 2800. The van der Waals surface area contributed by atoms with Crippen molar-refractivity contribution >= 4 is 179 Å². The Morgan fingerprint density at radius 3 is 0.292 bits per heavy atom. The Morgan fingerprint density at radius 1 is 0.115 bits per heavy atom. The average Bonchev–Trinajstić information content (AvgIpc) is 0.997. The molecule has 0 heterocycles. The first-order valence-corrected chi connectivity index (χ1v) is 31.1. The van der Waals surface area contributed by atoms with Gasteiger partial charge in [0.25, 0.3) is 0 Å². The Balaban J connectivity index is -0.000000240. The number of ether oxygens (including phenoxy) is 8. The molecule has 0 aliphatic carbocycles. The topological polar surface area (TPSA) is 869 Å². The Hall–Kier alpha value is -14.3. The quantitative estimate of drug-likeness (QED) is 0.0146. The van der Waals surface area contributed by atoms with Crippen molar-refractivity contribution in [2.24, 2.45) is 0 Å². The van der Waals surface area contributed by atoms with Crippen molar-refractivity contribution in [3.63, 3.8) is 0 Å². The van der Waals surface area contributed by atoms with E-state index < -0.39 is 230 Å². The summed E-state index contributed by atoms with van der Waals surface area (Å²) in [6.07, 6.45) is -9.16. The van der Waals surface area contributed by atoms with E-state index in [-0.39, 0.29) is 148 Å². The maximum absolute atomic E-state index is 11.1. The van der Waals surface area contributed by atoms with Crippen LogP contribution in [0.1, 0.15) is 199 Å². The number of hydrogen-bond acceptors (Lipinski definition) is 38. The lowest BCUT2D eigenvalue weighted by Gasteiger charge is -2.02. The van der Waals surface area contributed by atoms with Crippen LogP contribution in [-0.2, 0) is 182 Å². The first kappa shape index (κ1) is 112. The van der Waals surface area contributed by atoms with Crippen LogP contribution in [0.2, 0.25) is 0 Å². The van der Waals surface area contributed by atoms with Crippen LogP contribution in [-0.4, -0.2) is 251 Å². The predicted octanol–water partition coefficient (Wildman–Crippen LogP) is -1.26. The monoisotopic (exact) mass is 1640 g/mol. The zero-order chi connectivity index (χ0) is 88.9. The summed E-state index contributed by atoms with van der Waals surface area (Å²) in [5, 5.41) is 114. The zero-order valence-electron chi connectivity index (χ0n) is 58.7. The van der Waals surface area contributed by atoms with Crippen LogP contribution in [0.5, 0.6) is 0 Å². The maximum Gasteiger partial charge on any atom is 0.324 e. The number of carboxylic acids is 14. The molecule has 632 valence electrons. The molecule has 0 saturated carbocycles. The highest BCUT2D eigenvalue weighted by Crippen LogP contribution is 2.09. The van der Waals surface area contributed by atoms with E-state index in [1.165, 1.54) is 0 Å². The molecule has 52 heteroatoms. The minimum Gasteiger partial charge on any atom is -0.481 e. The second-order valence-electron chi connectivity index (χ2n) is 20.4. The van der Waals surface area contributed by atoms with Gasteiger partial charge in [-0.15, -0.1) is 0 Å². The summed E-state index contributed by atoms with van der Waals surface area (Å²) in [4.78, 5) is 315. The molecule has 0 radical (unpaired) electrons. The summed E-state index contributed by atoms with van der Waals surface area (Å²) in [7, 11) is 0. The molecule has 0 unspecified atom stereocenters. The Morgan fingerprint density at radius 2 is 0.212 bits per heavy atom. The summed E-state index contributed by atoms with van der Waals surface area (Å²) in [5.74, 6) is -34.5. The van der Waals surface area contributed by atoms with Crippen LogP contribution in [0.25, 0.3) is 0 Å². The molecule has 0 amide bonds. The van der Waals surface area contributed by atoms with Crippen molar-refractivity contribution in [3.05, 3.63) is 0 Å². The molecule has 0 spiro atoms. The molecule has 0 aromatic heterocycles. The molecule has 0 aliphatic rings. The normalized spacial score (nSPS) is 9.42. The Labute approximate surface area is 630 Å². The molecular formula is C61H76O52. The van der Waals surface area contributed by atoms with E-state index in [1.807, 2.05) is 0 Å². The highest BCUT2D eigenvalue weighted by Gasteiger charge is 2.22. The van der Waals surface area contributed by atoms with Crippen LogP contribution < -0.4 is 0 Å². The number of carbonyl (C=O) groups excluding carboxylic acids is 16. The molecule has 113 heavy (non-hydrogen) atoms. The molecule has 0 aromatic rings. The third-order valence-corrected chi connectivity index (χ3v) is 10.1. The van der Waals surface area contributed by atoms with Gasteiger partial charge in [0, 0.05) is 64.2 Å². The number of carboxylic acid groups (broad SMARTS) is 14. The van der Waals surface area contributed by atoms with E-state index in [0.717, 1.165) is 0 Å². The molecule has 0 saturated heterocycles. The van der Waals surface area contributed by atoms with Crippen LogP contribution in [0.4, 0.5) is 0 Å². The molecule has 0 fully saturated rings. The summed E-state index contributed by atoms with van der Waals surface area (Å²) in [5.41, 5.74) is 0. The predicted molar refractivity (Wildman–Crippen MR) is 339 cm³/mol. The molecule has 52 nitrogen and oxygen atoms in total. The van der Waals surface area contributed by atoms with Crippen LogP contribution in [0.3, 0.4) is 0 Å². The lowest BCUT2D eigenvalue weighted by molar-refractivity contribution is -0.165. The largest absolute Gasteiger partial charge is 0.481 e. The van der Waals surface area contributed by atoms with Gasteiger partial charge in [-0.1, -0.05) is 0 Å². The van der Waals surface area contributed by atoms with Crippen LogP contribution in [0.15, 0.2) is 0 Å². The van der Waals surface area contributed by atoms with Crippen molar-refractivity contribution in [1.29, 1.82) is 0 Å². The van der Waals surface area contributed by atoms with Gasteiger partial charge in [-0.3, -0.25) is 144 Å². The lowest BCUT2D eigenvalue weighted by Crippen LogP contribution is -2.16. The molecule has 0 aliphatic heterocycles. The fourth-order valence-electron chi connectivity index (χ4n) is 5.67. The fraction of sp³-hybridized carbons (Fsp3) is 0.508. The van der Waals surface area contributed by atoms with Gasteiger partial charge in [0.15, 0.2) is 0 Å². The lowest BCUT2D eigenvalue weighted by atomic mass is 10.2. The molecule has 0 atom stereocenters. The zero-order valence-corrected chi connectivity index (χ0v) is 58.7. The average molecular weight is 1640 g/mol.